The van der Waals surface area contributed by atoms with Gasteiger partial charge in [-0.2, -0.15) is 0 Å². The molecule has 2 N–H and O–H groups in total. The topological polar surface area (TPSA) is 46.3 Å². The average Bonchev–Trinajstić information content (AvgIpc) is 2.44. The number of hydrogen-bond donors (Lipinski definition) is 1. The summed E-state index contributed by atoms with van der Waals surface area (Å²) in [5.41, 5.74) is 6.90. The number of carbonyl (C=O) groups excluding carboxylic acids is 1. The Morgan fingerprint density at radius 1 is 1.37 bits per heavy atom. The lowest BCUT2D eigenvalue weighted by Crippen LogP contribution is -2.34. The highest BCUT2D eigenvalue weighted by molar-refractivity contribution is 5.94. The van der Waals surface area contributed by atoms with E-state index in [2.05, 4.69) is 25.7 Å². The first-order valence-electron chi connectivity index (χ1n) is 6.66. The Morgan fingerprint density at radius 3 is 2.53 bits per heavy atom. The van der Waals surface area contributed by atoms with E-state index >= 15 is 0 Å². The molecule has 1 atom stereocenters. The number of carbonyl (C=O) groups is 1. The third-order valence-corrected chi connectivity index (χ3v) is 3.15. The van der Waals surface area contributed by atoms with E-state index in [4.69, 9.17) is 5.73 Å². The SMILES string of the molecule is CCCC(C)N(C)C(=O)c1ccc(C#CCN)cc1. The van der Waals surface area contributed by atoms with E-state index in [-0.39, 0.29) is 11.9 Å². The van der Waals surface area contributed by atoms with Crippen LogP contribution in [0.25, 0.3) is 0 Å². The van der Waals surface area contributed by atoms with E-state index in [1.54, 1.807) is 4.90 Å². The van der Waals surface area contributed by atoms with Gasteiger partial charge in [0, 0.05) is 24.2 Å². The number of rotatable bonds is 4. The summed E-state index contributed by atoms with van der Waals surface area (Å²) in [5, 5.41) is 0. The van der Waals surface area contributed by atoms with Gasteiger partial charge in [0.15, 0.2) is 0 Å². The highest BCUT2D eigenvalue weighted by Crippen LogP contribution is 2.11. The van der Waals surface area contributed by atoms with E-state index in [1.165, 1.54) is 0 Å². The molecule has 0 radical (unpaired) electrons. The molecule has 1 amide bonds. The van der Waals surface area contributed by atoms with Gasteiger partial charge in [-0.15, -0.1) is 0 Å². The van der Waals surface area contributed by atoms with Crippen LogP contribution in [0, 0.1) is 11.8 Å². The fourth-order valence-corrected chi connectivity index (χ4v) is 1.86. The van der Waals surface area contributed by atoms with Crippen molar-refractivity contribution in [2.24, 2.45) is 5.73 Å². The van der Waals surface area contributed by atoms with E-state index in [0.717, 1.165) is 18.4 Å². The largest absolute Gasteiger partial charge is 0.339 e. The van der Waals surface area contributed by atoms with Gasteiger partial charge < -0.3 is 10.6 Å². The standard InChI is InChI=1S/C16H22N2O/c1-4-6-13(2)18(3)16(19)15-10-8-14(9-11-15)7-5-12-17/h8-11,13H,4,6,12,17H2,1-3H3. The minimum atomic E-state index is 0.0549. The van der Waals surface area contributed by atoms with Gasteiger partial charge in [-0.1, -0.05) is 25.2 Å². The molecule has 0 spiro atoms. The number of benzene rings is 1. The number of nitrogens with zero attached hydrogens (tertiary/aromatic N) is 1. The fourth-order valence-electron chi connectivity index (χ4n) is 1.86. The van der Waals surface area contributed by atoms with Gasteiger partial charge in [-0.25, -0.2) is 0 Å². The molecule has 0 aromatic heterocycles. The lowest BCUT2D eigenvalue weighted by molar-refractivity contribution is 0.0737. The second kappa shape index (κ2) is 7.60. The molecular formula is C16H22N2O. The molecule has 0 aliphatic heterocycles. The molecule has 0 aliphatic rings. The summed E-state index contributed by atoms with van der Waals surface area (Å²) >= 11 is 0. The van der Waals surface area contributed by atoms with Crippen molar-refractivity contribution in [1.29, 1.82) is 0 Å². The van der Waals surface area contributed by atoms with Gasteiger partial charge in [0.2, 0.25) is 0 Å². The monoisotopic (exact) mass is 258 g/mol. The van der Waals surface area contributed by atoms with Crippen LogP contribution in [0.3, 0.4) is 0 Å². The van der Waals surface area contributed by atoms with Crippen molar-refractivity contribution in [3.63, 3.8) is 0 Å². The van der Waals surface area contributed by atoms with Crippen molar-refractivity contribution in [3.05, 3.63) is 35.4 Å². The van der Waals surface area contributed by atoms with Crippen molar-refractivity contribution < 1.29 is 4.79 Å². The third kappa shape index (κ3) is 4.42. The fraction of sp³-hybridized carbons (Fsp3) is 0.438. The molecule has 0 saturated heterocycles. The number of nitrogens with two attached hydrogens (primary N) is 1. The molecule has 0 heterocycles. The van der Waals surface area contributed by atoms with Crippen LogP contribution in [0.4, 0.5) is 0 Å². The number of amides is 1. The van der Waals surface area contributed by atoms with E-state index in [1.807, 2.05) is 31.3 Å². The maximum atomic E-state index is 12.3. The predicted octanol–water partition coefficient (Wildman–Crippen LogP) is 2.26. The molecule has 1 aromatic rings. The van der Waals surface area contributed by atoms with Gasteiger partial charge in [0.25, 0.3) is 5.91 Å². The Bertz CT molecular complexity index is 468. The van der Waals surface area contributed by atoms with E-state index in [9.17, 15) is 4.79 Å². The minimum Gasteiger partial charge on any atom is -0.339 e. The second-order valence-corrected chi connectivity index (χ2v) is 4.64. The van der Waals surface area contributed by atoms with Crippen LogP contribution in [0.5, 0.6) is 0 Å². The Kier molecular flexibility index (Phi) is 6.11. The molecule has 102 valence electrons. The highest BCUT2D eigenvalue weighted by atomic mass is 16.2. The summed E-state index contributed by atoms with van der Waals surface area (Å²) in [5.74, 6) is 5.79. The predicted molar refractivity (Wildman–Crippen MR) is 78.8 cm³/mol. The Hall–Kier alpha value is -1.79. The molecule has 0 saturated carbocycles. The minimum absolute atomic E-state index is 0.0549. The zero-order valence-electron chi connectivity index (χ0n) is 11.9. The molecule has 1 rings (SSSR count). The maximum absolute atomic E-state index is 12.3. The zero-order chi connectivity index (χ0) is 14.3. The van der Waals surface area contributed by atoms with Crippen molar-refractivity contribution in [2.75, 3.05) is 13.6 Å². The smallest absolute Gasteiger partial charge is 0.253 e. The van der Waals surface area contributed by atoms with E-state index < -0.39 is 0 Å². The summed E-state index contributed by atoms with van der Waals surface area (Å²) in [6.45, 7) is 4.54. The average molecular weight is 258 g/mol. The molecule has 3 heteroatoms. The maximum Gasteiger partial charge on any atom is 0.253 e. The quantitative estimate of drug-likeness (QED) is 0.842. The van der Waals surface area contributed by atoms with Crippen molar-refractivity contribution in [3.8, 4) is 11.8 Å². The highest BCUT2D eigenvalue weighted by Gasteiger charge is 2.16. The first kappa shape index (κ1) is 15.3. The lowest BCUT2D eigenvalue weighted by Gasteiger charge is -2.24. The summed E-state index contributed by atoms with van der Waals surface area (Å²) < 4.78 is 0. The summed E-state index contributed by atoms with van der Waals surface area (Å²) in [4.78, 5) is 14.1. The van der Waals surface area contributed by atoms with Gasteiger partial charge in [-0.3, -0.25) is 4.79 Å². The molecule has 0 fully saturated rings. The molecule has 1 unspecified atom stereocenters. The van der Waals surface area contributed by atoms with Crippen molar-refractivity contribution in [1.82, 2.24) is 4.90 Å². The third-order valence-electron chi connectivity index (χ3n) is 3.15. The van der Waals surface area contributed by atoms with Crippen LogP contribution in [-0.2, 0) is 0 Å². The molecular weight excluding hydrogens is 236 g/mol. The van der Waals surface area contributed by atoms with Crippen LogP contribution in [0.1, 0.15) is 42.6 Å². The first-order valence-corrected chi connectivity index (χ1v) is 6.66. The molecule has 1 aromatic carbocycles. The van der Waals surface area contributed by atoms with Gasteiger partial charge in [-0.05, 0) is 37.6 Å². The van der Waals surface area contributed by atoms with Gasteiger partial charge in [0.1, 0.15) is 0 Å². The Balaban J connectivity index is 2.77. The summed E-state index contributed by atoms with van der Waals surface area (Å²) in [6, 6.07) is 7.60. The molecule has 0 aliphatic carbocycles. The van der Waals surface area contributed by atoms with Gasteiger partial charge >= 0.3 is 0 Å². The Labute approximate surface area is 115 Å². The molecule has 3 nitrogen and oxygen atoms in total. The van der Waals surface area contributed by atoms with Crippen LogP contribution >= 0.6 is 0 Å². The lowest BCUT2D eigenvalue weighted by atomic mass is 10.1. The Morgan fingerprint density at radius 2 is 2.00 bits per heavy atom. The first-order chi connectivity index (χ1) is 9.10. The second-order valence-electron chi connectivity index (χ2n) is 4.64. The summed E-state index contributed by atoms with van der Waals surface area (Å²) in [6.07, 6.45) is 2.09. The van der Waals surface area contributed by atoms with Crippen molar-refractivity contribution >= 4 is 5.91 Å². The molecule has 19 heavy (non-hydrogen) atoms. The summed E-state index contributed by atoms with van der Waals surface area (Å²) in [7, 11) is 1.85. The normalized spacial score (nSPS) is 11.4. The molecule has 0 bridgehead atoms. The van der Waals surface area contributed by atoms with E-state index in [0.29, 0.717) is 12.1 Å². The van der Waals surface area contributed by atoms with Crippen LogP contribution in [0.15, 0.2) is 24.3 Å². The van der Waals surface area contributed by atoms with Gasteiger partial charge in [0.05, 0.1) is 6.54 Å². The number of hydrogen-bond acceptors (Lipinski definition) is 2. The van der Waals surface area contributed by atoms with Crippen LogP contribution in [0.2, 0.25) is 0 Å². The van der Waals surface area contributed by atoms with Crippen LogP contribution in [-0.4, -0.2) is 30.4 Å². The van der Waals surface area contributed by atoms with Crippen LogP contribution < -0.4 is 5.73 Å². The zero-order valence-corrected chi connectivity index (χ0v) is 11.9. The van der Waals surface area contributed by atoms with Crippen molar-refractivity contribution in [2.45, 2.75) is 32.7 Å².